The molecule has 11 heteroatoms. The number of ether oxygens (including phenoxy) is 2. The highest BCUT2D eigenvalue weighted by Gasteiger charge is 2.18. The quantitative estimate of drug-likeness (QED) is 0.603. The van der Waals surface area contributed by atoms with Crippen LogP contribution in [0.3, 0.4) is 0 Å². The molecule has 0 atom stereocenters. The normalized spacial score (nSPS) is 10.5. The van der Waals surface area contributed by atoms with Gasteiger partial charge in [-0.1, -0.05) is 17.7 Å². The lowest BCUT2D eigenvalue weighted by Crippen LogP contribution is -2.28. The molecule has 1 amide bonds. The van der Waals surface area contributed by atoms with E-state index in [9.17, 15) is 4.79 Å². The van der Waals surface area contributed by atoms with Crippen molar-refractivity contribution in [2.24, 2.45) is 0 Å². The average Bonchev–Trinajstić information content (AvgIpc) is 3.23. The van der Waals surface area contributed by atoms with E-state index in [0.29, 0.717) is 24.5 Å². The Labute approximate surface area is 165 Å². The molecule has 3 aromatic rings. The minimum atomic E-state index is -0.479. The number of anilines is 1. The van der Waals surface area contributed by atoms with Gasteiger partial charge in [-0.2, -0.15) is 10.2 Å². The molecule has 3 N–H and O–H groups in total. The molecule has 2 aromatic heterocycles. The number of rotatable bonds is 7. The number of methoxy groups -OCH3 is 2. The van der Waals surface area contributed by atoms with Crippen molar-refractivity contribution in [2.75, 3.05) is 26.5 Å². The van der Waals surface area contributed by atoms with E-state index >= 15 is 0 Å². The second-order valence-electron chi connectivity index (χ2n) is 5.59. The predicted octanol–water partition coefficient (Wildman–Crippen LogP) is 1.28. The summed E-state index contributed by atoms with van der Waals surface area (Å²) in [7, 11) is 3.14. The average molecular weight is 404 g/mol. The van der Waals surface area contributed by atoms with Crippen molar-refractivity contribution in [3.05, 3.63) is 47.0 Å². The first-order valence-electron chi connectivity index (χ1n) is 8.22. The molecule has 0 spiro atoms. The fourth-order valence-electron chi connectivity index (χ4n) is 2.48. The number of nitrogens with one attached hydrogen (secondary N) is 1. The van der Waals surface area contributed by atoms with Gasteiger partial charge in [-0.25, -0.2) is 9.97 Å². The van der Waals surface area contributed by atoms with Gasteiger partial charge >= 0.3 is 0 Å². The lowest BCUT2D eigenvalue weighted by atomic mass is 10.1. The highest BCUT2D eigenvalue weighted by atomic mass is 35.5. The van der Waals surface area contributed by atoms with Crippen molar-refractivity contribution in [2.45, 2.75) is 6.42 Å². The number of carbonyl (C=O) groups is 1. The molecule has 3 rings (SSSR count). The predicted molar refractivity (Wildman–Crippen MR) is 102 cm³/mol. The van der Waals surface area contributed by atoms with Gasteiger partial charge in [0, 0.05) is 6.54 Å². The number of nitrogen functional groups attached to an aromatic ring is 1. The van der Waals surface area contributed by atoms with Gasteiger partial charge in [0.1, 0.15) is 0 Å². The van der Waals surface area contributed by atoms with Crippen LogP contribution in [0.2, 0.25) is 5.15 Å². The van der Waals surface area contributed by atoms with E-state index in [1.165, 1.54) is 17.2 Å². The van der Waals surface area contributed by atoms with E-state index in [1.54, 1.807) is 20.3 Å². The number of hydrogen-bond acceptors (Lipinski definition) is 8. The monoisotopic (exact) mass is 403 g/mol. The molecule has 146 valence electrons. The summed E-state index contributed by atoms with van der Waals surface area (Å²) in [5, 5.41) is 10.5. The van der Waals surface area contributed by atoms with E-state index in [-0.39, 0.29) is 22.5 Å². The Balaban J connectivity index is 1.66. The molecular weight excluding hydrogens is 386 g/mol. The fourth-order valence-corrected chi connectivity index (χ4v) is 2.68. The summed E-state index contributed by atoms with van der Waals surface area (Å²) in [5.41, 5.74) is 6.76. The number of aromatic nitrogens is 5. The SMILES string of the molecule is COc1ccc(CCNC(=O)c2nc(Cl)c(-n3nccn3)nc2N)cc1OC. The molecule has 28 heavy (non-hydrogen) atoms. The first kappa shape index (κ1) is 19.4. The van der Waals surface area contributed by atoms with Gasteiger partial charge in [-0.3, -0.25) is 4.79 Å². The number of nitrogens with two attached hydrogens (primary N) is 1. The standard InChI is InChI=1S/C17H18ClN7O3/c1-27-11-4-3-10(9-12(11)28-2)5-6-20-17(26)13-15(19)24-16(14(18)23-13)25-21-7-8-22-25/h3-4,7-9H,5-6H2,1-2H3,(H2,19,24)(H,20,26). The van der Waals surface area contributed by atoms with Gasteiger partial charge in [-0.05, 0) is 24.1 Å². The van der Waals surface area contributed by atoms with Crippen LogP contribution in [-0.2, 0) is 6.42 Å². The summed E-state index contributed by atoms with van der Waals surface area (Å²) in [4.78, 5) is 21.7. The van der Waals surface area contributed by atoms with Crippen molar-refractivity contribution >= 4 is 23.3 Å². The van der Waals surface area contributed by atoms with E-state index < -0.39 is 5.91 Å². The van der Waals surface area contributed by atoms with Crippen molar-refractivity contribution < 1.29 is 14.3 Å². The summed E-state index contributed by atoms with van der Waals surface area (Å²) in [6, 6.07) is 5.55. The summed E-state index contributed by atoms with van der Waals surface area (Å²) in [6.45, 7) is 0.357. The molecule has 0 radical (unpaired) electrons. The smallest absolute Gasteiger partial charge is 0.273 e. The molecule has 0 fully saturated rings. The minimum absolute atomic E-state index is 0.0320. The number of benzene rings is 1. The maximum atomic E-state index is 12.4. The molecule has 0 aliphatic rings. The summed E-state index contributed by atoms with van der Waals surface area (Å²) < 4.78 is 10.5. The molecule has 10 nitrogen and oxygen atoms in total. The second kappa shape index (κ2) is 8.53. The number of amides is 1. The molecule has 0 unspecified atom stereocenters. The fraction of sp³-hybridized carbons (Fsp3) is 0.235. The summed E-state index contributed by atoms with van der Waals surface area (Å²) in [5.74, 6) is 0.856. The second-order valence-corrected chi connectivity index (χ2v) is 5.94. The van der Waals surface area contributed by atoms with Crippen LogP contribution < -0.4 is 20.5 Å². The largest absolute Gasteiger partial charge is 0.493 e. The molecule has 2 heterocycles. The maximum absolute atomic E-state index is 12.4. The molecule has 1 aromatic carbocycles. The zero-order chi connectivity index (χ0) is 20.1. The summed E-state index contributed by atoms with van der Waals surface area (Å²) >= 11 is 6.09. The highest BCUT2D eigenvalue weighted by molar-refractivity contribution is 6.31. The molecule has 0 aliphatic carbocycles. The number of carbonyl (C=O) groups excluding carboxylic acids is 1. The Morgan fingerprint density at radius 2 is 1.89 bits per heavy atom. The minimum Gasteiger partial charge on any atom is -0.493 e. The van der Waals surface area contributed by atoms with Crippen LogP contribution in [0.5, 0.6) is 11.5 Å². The lowest BCUT2D eigenvalue weighted by molar-refractivity contribution is 0.0950. The topological polar surface area (TPSA) is 130 Å². The molecule has 0 bridgehead atoms. The zero-order valence-corrected chi connectivity index (χ0v) is 16.0. The van der Waals surface area contributed by atoms with Gasteiger partial charge in [-0.15, -0.1) is 4.80 Å². The maximum Gasteiger partial charge on any atom is 0.273 e. The number of halogens is 1. The Bertz CT molecular complexity index is 979. The Morgan fingerprint density at radius 1 is 1.18 bits per heavy atom. The third-order valence-corrected chi connectivity index (χ3v) is 4.09. The molecule has 0 aliphatic heterocycles. The van der Waals surface area contributed by atoms with Crippen LogP contribution in [0.4, 0.5) is 5.82 Å². The van der Waals surface area contributed by atoms with Gasteiger partial charge in [0.2, 0.25) is 5.82 Å². The van der Waals surface area contributed by atoms with Gasteiger partial charge in [0.15, 0.2) is 28.2 Å². The Hall–Kier alpha value is -3.40. The Kier molecular flexibility index (Phi) is 5.90. The van der Waals surface area contributed by atoms with E-state index in [1.807, 2.05) is 12.1 Å². The van der Waals surface area contributed by atoms with Crippen LogP contribution >= 0.6 is 11.6 Å². The third kappa shape index (κ3) is 4.12. The van der Waals surface area contributed by atoms with Crippen LogP contribution in [0.25, 0.3) is 5.82 Å². The van der Waals surface area contributed by atoms with Crippen molar-refractivity contribution in [1.82, 2.24) is 30.3 Å². The van der Waals surface area contributed by atoms with E-state index in [0.717, 1.165) is 5.56 Å². The number of nitrogens with zero attached hydrogens (tertiary/aromatic N) is 5. The van der Waals surface area contributed by atoms with Crippen LogP contribution in [-0.4, -0.2) is 51.6 Å². The van der Waals surface area contributed by atoms with Crippen molar-refractivity contribution in [1.29, 1.82) is 0 Å². The zero-order valence-electron chi connectivity index (χ0n) is 15.2. The highest BCUT2D eigenvalue weighted by Crippen LogP contribution is 2.27. The van der Waals surface area contributed by atoms with Crippen LogP contribution in [0.1, 0.15) is 16.1 Å². The van der Waals surface area contributed by atoms with Gasteiger partial charge in [0.25, 0.3) is 5.91 Å². The van der Waals surface area contributed by atoms with E-state index in [2.05, 4.69) is 25.5 Å². The van der Waals surface area contributed by atoms with Crippen LogP contribution in [0, 0.1) is 0 Å². The molecule has 0 saturated heterocycles. The van der Waals surface area contributed by atoms with Crippen molar-refractivity contribution in [3.63, 3.8) is 0 Å². The third-order valence-electron chi connectivity index (χ3n) is 3.83. The molecule has 0 saturated carbocycles. The Morgan fingerprint density at radius 3 is 2.57 bits per heavy atom. The first-order chi connectivity index (χ1) is 13.5. The van der Waals surface area contributed by atoms with Crippen molar-refractivity contribution in [3.8, 4) is 17.3 Å². The summed E-state index contributed by atoms with van der Waals surface area (Å²) in [6.07, 6.45) is 3.49. The van der Waals surface area contributed by atoms with Gasteiger partial charge in [0.05, 0.1) is 26.6 Å². The first-order valence-corrected chi connectivity index (χ1v) is 8.60. The number of hydrogen-bond donors (Lipinski definition) is 2. The van der Waals surface area contributed by atoms with E-state index in [4.69, 9.17) is 26.8 Å². The lowest BCUT2D eigenvalue weighted by Gasteiger charge is -2.11. The van der Waals surface area contributed by atoms with Gasteiger partial charge < -0.3 is 20.5 Å². The molecular formula is C17H18ClN7O3. The van der Waals surface area contributed by atoms with Crippen LogP contribution in [0.15, 0.2) is 30.6 Å².